The number of nitrogens with zero attached hydrogens (tertiary/aromatic N) is 3. The van der Waals surface area contributed by atoms with Gasteiger partial charge in [-0.25, -0.2) is 0 Å². The van der Waals surface area contributed by atoms with Gasteiger partial charge in [0.15, 0.2) is 5.82 Å². The summed E-state index contributed by atoms with van der Waals surface area (Å²) in [5, 5.41) is 15.7. The Morgan fingerprint density at radius 3 is 2.75 bits per heavy atom. The van der Waals surface area contributed by atoms with Crippen LogP contribution in [0.15, 0.2) is 0 Å². The standard InChI is InChI=1S/C6H13N5O/c1-11(2)6-8-5(9-10-6)4(12)3-7/h4,12H,3,7H2,1-2H3,(H,8,9,10). The van der Waals surface area contributed by atoms with Crippen LogP contribution < -0.4 is 10.6 Å². The summed E-state index contributed by atoms with van der Waals surface area (Å²) in [6, 6.07) is 0. The summed E-state index contributed by atoms with van der Waals surface area (Å²) in [6.45, 7) is 0.141. The number of H-pyrrole nitrogens is 1. The summed E-state index contributed by atoms with van der Waals surface area (Å²) < 4.78 is 0. The zero-order valence-electron chi connectivity index (χ0n) is 7.15. The average molecular weight is 171 g/mol. The minimum atomic E-state index is -0.758. The van der Waals surface area contributed by atoms with E-state index in [1.807, 2.05) is 14.1 Å². The highest BCUT2D eigenvalue weighted by Gasteiger charge is 2.11. The molecule has 0 saturated heterocycles. The molecular formula is C6H13N5O. The Balaban J connectivity index is 2.77. The third kappa shape index (κ3) is 1.72. The largest absolute Gasteiger partial charge is 0.384 e. The molecule has 0 aromatic carbocycles. The highest BCUT2D eigenvalue weighted by atomic mass is 16.3. The average Bonchev–Trinajstić information content (AvgIpc) is 2.51. The first-order chi connectivity index (χ1) is 5.65. The molecule has 1 rings (SSSR count). The normalized spacial score (nSPS) is 13.0. The van der Waals surface area contributed by atoms with Crippen molar-refractivity contribution < 1.29 is 5.11 Å². The first-order valence-electron chi connectivity index (χ1n) is 3.63. The molecule has 0 fully saturated rings. The molecule has 1 aromatic heterocycles. The SMILES string of the molecule is CN(C)c1n[nH]c(C(O)CN)n1. The number of rotatable bonds is 3. The summed E-state index contributed by atoms with van der Waals surface area (Å²) >= 11 is 0. The first kappa shape index (κ1) is 8.95. The van der Waals surface area contributed by atoms with Crippen molar-refractivity contribution in [2.75, 3.05) is 25.5 Å². The quantitative estimate of drug-likeness (QED) is 0.535. The summed E-state index contributed by atoms with van der Waals surface area (Å²) in [7, 11) is 3.64. The van der Waals surface area contributed by atoms with E-state index < -0.39 is 6.10 Å². The molecule has 12 heavy (non-hydrogen) atoms. The van der Waals surface area contributed by atoms with Crippen LogP contribution >= 0.6 is 0 Å². The predicted molar refractivity (Wildman–Crippen MR) is 44.7 cm³/mol. The number of aliphatic hydroxyl groups is 1. The van der Waals surface area contributed by atoms with Crippen molar-refractivity contribution >= 4 is 5.95 Å². The monoisotopic (exact) mass is 171 g/mol. The van der Waals surface area contributed by atoms with E-state index in [-0.39, 0.29) is 6.54 Å². The predicted octanol–water partition coefficient (Wildman–Crippen LogP) is -1.14. The molecule has 68 valence electrons. The van der Waals surface area contributed by atoms with Gasteiger partial charge in [-0.15, -0.1) is 5.10 Å². The Morgan fingerprint density at radius 2 is 2.33 bits per heavy atom. The van der Waals surface area contributed by atoms with E-state index in [0.717, 1.165) is 0 Å². The van der Waals surface area contributed by atoms with Crippen molar-refractivity contribution in [1.29, 1.82) is 0 Å². The van der Waals surface area contributed by atoms with Crippen LogP contribution in [0.25, 0.3) is 0 Å². The Bertz CT molecular complexity index is 246. The zero-order chi connectivity index (χ0) is 9.14. The zero-order valence-corrected chi connectivity index (χ0v) is 7.15. The highest BCUT2D eigenvalue weighted by molar-refractivity contribution is 5.25. The lowest BCUT2D eigenvalue weighted by atomic mass is 10.3. The van der Waals surface area contributed by atoms with Crippen LogP contribution in [0.1, 0.15) is 11.9 Å². The number of aliphatic hydroxyl groups excluding tert-OH is 1. The van der Waals surface area contributed by atoms with E-state index in [4.69, 9.17) is 5.73 Å². The molecule has 0 amide bonds. The van der Waals surface area contributed by atoms with Crippen LogP contribution in [0, 0.1) is 0 Å². The molecule has 0 aliphatic carbocycles. The Kier molecular flexibility index (Phi) is 2.61. The molecule has 6 heteroatoms. The minimum absolute atomic E-state index is 0.141. The molecule has 0 aliphatic heterocycles. The van der Waals surface area contributed by atoms with Crippen molar-refractivity contribution in [2.24, 2.45) is 5.73 Å². The summed E-state index contributed by atoms with van der Waals surface area (Å²) in [5.41, 5.74) is 5.24. The van der Waals surface area contributed by atoms with Gasteiger partial charge in [-0.3, -0.25) is 5.10 Å². The molecule has 1 unspecified atom stereocenters. The van der Waals surface area contributed by atoms with Gasteiger partial charge in [0.05, 0.1) is 0 Å². The molecule has 0 saturated carbocycles. The number of nitrogens with one attached hydrogen (secondary N) is 1. The molecule has 0 bridgehead atoms. The molecule has 0 radical (unpaired) electrons. The number of hydrogen-bond acceptors (Lipinski definition) is 5. The van der Waals surface area contributed by atoms with E-state index in [9.17, 15) is 5.11 Å². The number of aromatic nitrogens is 3. The smallest absolute Gasteiger partial charge is 0.244 e. The summed E-state index contributed by atoms with van der Waals surface area (Å²) in [6.07, 6.45) is -0.758. The molecule has 4 N–H and O–H groups in total. The first-order valence-corrected chi connectivity index (χ1v) is 3.63. The topological polar surface area (TPSA) is 91.1 Å². The van der Waals surface area contributed by atoms with Crippen molar-refractivity contribution in [1.82, 2.24) is 15.2 Å². The maximum Gasteiger partial charge on any atom is 0.244 e. The van der Waals surface area contributed by atoms with Crippen molar-refractivity contribution in [3.05, 3.63) is 5.82 Å². The van der Waals surface area contributed by atoms with Gasteiger partial charge in [0.1, 0.15) is 6.10 Å². The highest BCUT2D eigenvalue weighted by Crippen LogP contribution is 2.08. The lowest BCUT2D eigenvalue weighted by Gasteiger charge is -2.04. The summed E-state index contributed by atoms with van der Waals surface area (Å²) in [5.74, 6) is 0.943. The second-order valence-electron chi connectivity index (χ2n) is 2.67. The van der Waals surface area contributed by atoms with Crippen molar-refractivity contribution in [3.8, 4) is 0 Å². The maximum absolute atomic E-state index is 9.25. The van der Waals surface area contributed by atoms with Crippen LogP contribution in [-0.4, -0.2) is 40.9 Å². The fourth-order valence-corrected chi connectivity index (χ4v) is 0.726. The van der Waals surface area contributed by atoms with E-state index in [0.29, 0.717) is 11.8 Å². The maximum atomic E-state index is 9.25. The molecule has 6 nitrogen and oxygen atoms in total. The fourth-order valence-electron chi connectivity index (χ4n) is 0.726. The molecular weight excluding hydrogens is 158 g/mol. The van der Waals surface area contributed by atoms with Gasteiger partial charge in [-0.1, -0.05) is 0 Å². The number of nitrogens with two attached hydrogens (primary N) is 1. The van der Waals surface area contributed by atoms with Crippen molar-refractivity contribution in [2.45, 2.75) is 6.10 Å². The Labute approximate surface area is 70.4 Å². The van der Waals surface area contributed by atoms with E-state index >= 15 is 0 Å². The van der Waals surface area contributed by atoms with Crippen LogP contribution in [0.4, 0.5) is 5.95 Å². The van der Waals surface area contributed by atoms with Gasteiger partial charge >= 0.3 is 0 Å². The Morgan fingerprint density at radius 1 is 1.67 bits per heavy atom. The molecule has 1 heterocycles. The lowest BCUT2D eigenvalue weighted by molar-refractivity contribution is 0.177. The van der Waals surface area contributed by atoms with Crippen LogP contribution in [0.3, 0.4) is 0 Å². The molecule has 0 aliphatic rings. The molecule has 1 atom stereocenters. The van der Waals surface area contributed by atoms with Gasteiger partial charge in [0.25, 0.3) is 0 Å². The molecule has 1 aromatic rings. The Hall–Kier alpha value is -1.14. The van der Waals surface area contributed by atoms with Crippen LogP contribution in [-0.2, 0) is 0 Å². The van der Waals surface area contributed by atoms with Crippen LogP contribution in [0.2, 0.25) is 0 Å². The van der Waals surface area contributed by atoms with Crippen LogP contribution in [0.5, 0.6) is 0 Å². The van der Waals surface area contributed by atoms with Gasteiger partial charge in [-0.05, 0) is 0 Å². The van der Waals surface area contributed by atoms with E-state index in [1.54, 1.807) is 4.90 Å². The number of anilines is 1. The van der Waals surface area contributed by atoms with Gasteiger partial charge in [-0.2, -0.15) is 4.98 Å². The van der Waals surface area contributed by atoms with Gasteiger partial charge in [0, 0.05) is 20.6 Å². The second kappa shape index (κ2) is 3.51. The second-order valence-corrected chi connectivity index (χ2v) is 2.67. The number of hydrogen-bond donors (Lipinski definition) is 3. The molecule has 0 spiro atoms. The fraction of sp³-hybridized carbons (Fsp3) is 0.667. The lowest BCUT2D eigenvalue weighted by Crippen LogP contribution is -2.13. The van der Waals surface area contributed by atoms with E-state index in [1.165, 1.54) is 0 Å². The minimum Gasteiger partial charge on any atom is -0.384 e. The van der Waals surface area contributed by atoms with Gasteiger partial charge in [0.2, 0.25) is 5.95 Å². The summed E-state index contributed by atoms with van der Waals surface area (Å²) in [4.78, 5) is 5.75. The van der Waals surface area contributed by atoms with E-state index in [2.05, 4.69) is 15.2 Å². The third-order valence-corrected chi connectivity index (χ3v) is 1.43. The number of aromatic amines is 1. The third-order valence-electron chi connectivity index (χ3n) is 1.43. The van der Waals surface area contributed by atoms with Crippen molar-refractivity contribution in [3.63, 3.8) is 0 Å². The van der Waals surface area contributed by atoms with Gasteiger partial charge < -0.3 is 15.7 Å².